The third kappa shape index (κ3) is 3.01. The first-order valence-electron chi connectivity index (χ1n) is 5.63. The fourth-order valence-electron chi connectivity index (χ4n) is 1.56. The maximum absolute atomic E-state index is 11.6. The SMILES string of the molecule is CC.Cc1ccc2c(c1)N(CC#N)C(=O)CS2. The molecule has 4 heteroatoms. The zero-order chi connectivity index (χ0) is 12.8. The predicted molar refractivity (Wildman–Crippen MR) is 71.2 cm³/mol. The molecule has 0 aromatic heterocycles. The summed E-state index contributed by atoms with van der Waals surface area (Å²) in [4.78, 5) is 14.2. The molecule has 0 atom stereocenters. The normalized spacial score (nSPS) is 13.3. The van der Waals surface area contributed by atoms with Crippen LogP contribution in [0.15, 0.2) is 23.1 Å². The van der Waals surface area contributed by atoms with Crippen molar-refractivity contribution in [3.05, 3.63) is 23.8 Å². The number of carbonyl (C=O) groups excluding carboxylic acids is 1. The van der Waals surface area contributed by atoms with Gasteiger partial charge < -0.3 is 0 Å². The van der Waals surface area contributed by atoms with Crippen molar-refractivity contribution in [3.63, 3.8) is 0 Å². The highest BCUT2D eigenvalue weighted by Gasteiger charge is 2.24. The van der Waals surface area contributed by atoms with Crippen LogP contribution >= 0.6 is 11.8 Å². The molecule has 17 heavy (non-hydrogen) atoms. The van der Waals surface area contributed by atoms with Crippen LogP contribution in [-0.2, 0) is 4.79 Å². The minimum absolute atomic E-state index is 0.0136. The number of anilines is 1. The molecule has 0 fully saturated rings. The smallest absolute Gasteiger partial charge is 0.238 e. The van der Waals surface area contributed by atoms with Crippen molar-refractivity contribution in [1.29, 1.82) is 5.26 Å². The third-order valence-corrected chi connectivity index (χ3v) is 3.33. The highest BCUT2D eigenvalue weighted by atomic mass is 32.2. The van der Waals surface area contributed by atoms with Gasteiger partial charge in [0.05, 0.1) is 17.5 Å². The van der Waals surface area contributed by atoms with E-state index in [4.69, 9.17) is 5.26 Å². The average Bonchev–Trinajstić information content (AvgIpc) is 2.36. The molecule has 0 spiro atoms. The maximum Gasteiger partial charge on any atom is 0.238 e. The summed E-state index contributed by atoms with van der Waals surface area (Å²) in [6, 6.07) is 8.01. The Morgan fingerprint density at radius 2 is 2.18 bits per heavy atom. The fourth-order valence-corrected chi connectivity index (χ4v) is 2.47. The number of aryl methyl sites for hydroxylation is 1. The lowest BCUT2D eigenvalue weighted by molar-refractivity contribution is -0.116. The molecule has 0 saturated heterocycles. The second-order valence-corrected chi connectivity index (χ2v) is 4.42. The topological polar surface area (TPSA) is 44.1 Å². The van der Waals surface area contributed by atoms with Crippen molar-refractivity contribution in [3.8, 4) is 6.07 Å². The second-order valence-electron chi connectivity index (χ2n) is 3.40. The summed E-state index contributed by atoms with van der Waals surface area (Å²) in [5, 5.41) is 8.68. The van der Waals surface area contributed by atoms with Crippen LogP contribution in [0.5, 0.6) is 0 Å². The van der Waals surface area contributed by atoms with Crippen molar-refractivity contribution in [1.82, 2.24) is 0 Å². The summed E-state index contributed by atoms with van der Waals surface area (Å²) < 4.78 is 0. The van der Waals surface area contributed by atoms with E-state index in [1.165, 1.54) is 11.8 Å². The van der Waals surface area contributed by atoms with E-state index >= 15 is 0 Å². The number of carbonyl (C=O) groups is 1. The molecule has 0 N–H and O–H groups in total. The van der Waals surface area contributed by atoms with E-state index in [1.54, 1.807) is 4.90 Å². The first kappa shape index (κ1) is 13.6. The predicted octanol–water partition coefficient (Wildman–Crippen LogP) is 2.98. The number of rotatable bonds is 1. The average molecular weight is 248 g/mol. The van der Waals surface area contributed by atoms with Crippen LogP contribution < -0.4 is 4.90 Å². The molecular formula is C13H16N2OS. The first-order chi connectivity index (χ1) is 8.22. The van der Waals surface area contributed by atoms with Crippen molar-refractivity contribution in [2.45, 2.75) is 25.7 Å². The van der Waals surface area contributed by atoms with E-state index < -0.39 is 0 Å². The standard InChI is InChI=1S/C11H10N2OS.C2H6/c1-8-2-3-10-9(6-8)13(5-4-12)11(14)7-15-10;1-2/h2-3,6H,5,7H2,1H3;1-2H3. The van der Waals surface area contributed by atoms with E-state index in [1.807, 2.05) is 45.0 Å². The number of hydrogen-bond donors (Lipinski definition) is 0. The number of thioether (sulfide) groups is 1. The molecule has 1 aliphatic rings. The molecular weight excluding hydrogens is 232 g/mol. The van der Waals surface area contributed by atoms with Crippen LogP contribution in [0.4, 0.5) is 5.69 Å². The second kappa shape index (κ2) is 6.31. The van der Waals surface area contributed by atoms with Gasteiger partial charge in [-0.2, -0.15) is 5.26 Å². The van der Waals surface area contributed by atoms with E-state index in [2.05, 4.69) is 0 Å². The van der Waals surface area contributed by atoms with Gasteiger partial charge in [0.1, 0.15) is 6.54 Å². The largest absolute Gasteiger partial charge is 0.297 e. The van der Waals surface area contributed by atoms with Crippen LogP contribution in [0, 0.1) is 18.3 Å². The first-order valence-corrected chi connectivity index (χ1v) is 6.61. The fraction of sp³-hybridized carbons (Fsp3) is 0.385. The van der Waals surface area contributed by atoms with Crippen LogP contribution in [0.25, 0.3) is 0 Å². The van der Waals surface area contributed by atoms with Crippen molar-refractivity contribution >= 4 is 23.4 Å². The molecule has 0 saturated carbocycles. The molecule has 3 nitrogen and oxygen atoms in total. The van der Waals surface area contributed by atoms with Gasteiger partial charge in [-0.3, -0.25) is 9.69 Å². The summed E-state index contributed by atoms with van der Waals surface area (Å²) in [7, 11) is 0. The Balaban J connectivity index is 0.000000686. The number of benzene rings is 1. The monoisotopic (exact) mass is 248 g/mol. The lowest BCUT2D eigenvalue weighted by atomic mass is 10.2. The quantitative estimate of drug-likeness (QED) is 0.718. The van der Waals surface area contributed by atoms with Crippen molar-refractivity contribution < 1.29 is 4.79 Å². The summed E-state index contributed by atoms with van der Waals surface area (Å²) in [6.45, 7) is 6.12. The Morgan fingerprint density at radius 3 is 2.82 bits per heavy atom. The molecule has 0 bridgehead atoms. The van der Waals surface area contributed by atoms with Crippen LogP contribution in [0.2, 0.25) is 0 Å². The van der Waals surface area contributed by atoms with E-state index in [9.17, 15) is 4.79 Å². The van der Waals surface area contributed by atoms with Gasteiger partial charge in [-0.15, -0.1) is 11.8 Å². The minimum atomic E-state index is 0.0136. The highest BCUT2D eigenvalue weighted by Crippen LogP contribution is 2.35. The van der Waals surface area contributed by atoms with Gasteiger partial charge in [-0.1, -0.05) is 19.9 Å². The van der Waals surface area contributed by atoms with Gasteiger partial charge in [0, 0.05) is 4.90 Å². The lowest BCUT2D eigenvalue weighted by Gasteiger charge is -2.27. The number of nitrogens with zero attached hydrogens (tertiary/aromatic N) is 2. The number of nitriles is 1. The van der Waals surface area contributed by atoms with E-state index in [0.717, 1.165) is 16.1 Å². The molecule has 0 aliphatic carbocycles. The number of hydrogen-bond acceptors (Lipinski definition) is 3. The van der Waals surface area contributed by atoms with Gasteiger partial charge in [0.25, 0.3) is 0 Å². The Hall–Kier alpha value is -1.47. The summed E-state index contributed by atoms with van der Waals surface area (Å²) >= 11 is 1.53. The van der Waals surface area contributed by atoms with Crippen molar-refractivity contribution in [2.75, 3.05) is 17.2 Å². The Bertz CT molecular complexity index is 451. The molecule has 0 unspecified atom stereocenters. The Labute approximate surface area is 106 Å². The van der Waals surface area contributed by atoms with Crippen LogP contribution in [0.1, 0.15) is 19.4 Å². The molecule has 1 aromatic rings. The van der Waals surface area contributed by atoms with Gasteiger partial charge in [0.15, 0.2) is 0 Å². The molecule has 1 heterocycles. The molecule has 1 amide bonds. The lowest BCUT2D eigenvalue weighted by Crippen LogP contribution is -2.35. The maximum atomic E-state index is 11.6. The number of amides is 1. The van der Waals surface area contributed by atoms with E-state index in [-0.39, 0.29) is 12.5 Å². The zero-order valence-electron chi connectivity index (χ0n) is 10.4. The van der Waals surface area contributed by atoms with Gasteiger partial charge in [0.2, 0.25) is 5.91 Å². The molecule has 1 aliphatic heterocycles. The minimum Gasteiger partial charge on any atom is -0.297 e. The zero-order valence-corrected chi connectivity index (χ0v) is 11.2. The van der Waals surface area contributed by atoms with E-state index in [0.29, 0.717) is 5.75 Å². The van der Waals surface area contributed by atoms with Gasteiger partial charge in [-0.05, 0) is 24.6 Å². The molecule has 2 rings (SSSR count). The van der Waals surface area contributed by atoms with Crippen molar-refractivity contribution in [2.24, 2.45) is 0 Å². The summed E-state index contributed by atoms with van der Waals surface area (Å²) in [6.07, 6.45) is 0. The van der Waals surface area contributed by atoms with Gasteiger partial charge in [-0.25, -0.2) is 0 Å². The van der Waals surface area contributed by atoms with Gasteiger partial charge >= 0.3 is 0 Å². The summed E-state index contributed by atoms with van der Waals surface area (Å²) in [5.41, 5.74) is 1.98. The van der Waals surface area contributed by atoms with Crippen LogP contribution in [-0.4, -0.2) is 18.2 Å². The Kier molecular flexibility index (Phi) is 5.05. The number of fused-ring (bicyclic) bond motifs is 1. The third-order valence-electron chi connectivity index (χ3n) is 2.29. The molecule has 1 aromatic carbocycles. The summed E-state index contributed by atoms with van der Waals surface area (Å²) in [5.74, 6) is 0.442. The highest BCUT2D eigenvalue weighted by molar-refractivity contribution is 8.00. The molecule has 90 valence electrons. The molecule has 0 radical (unpaired) electrons. The van der Waals surface area contributed by atoms with Crippen LogP contribution in [0.3, 0.4) is 0 Å². The Morgan fingerprint density at radius 1 is 1.47 bits per heavy atom.